The van der Waals surface area contributed by atoms with Crippen molar-refractivity contribution in [3.63, 3.8) is 0 Å². The number of aryl methyl sites for hydroxylation is 2. The molecule has 110 valence electrons. The Bertz CT molecular complexity index is 715. The van der Waals surface area contributed by atoms with Gasteiger partial charge in [0, 0.05) is 12.5 Å². The summed E-state index contributed by atoms with van der Waals surface area (Å²) < 4.78 is 2.16. The smallest absolute Gasteiger partial charge is 0.307 e. The van der Waals surface area contributed by atoms with Crippen LogP contribution in [0.5, 0.6) is 0 Å². The van der Waals surface area contributed by atoms with Gasteiger partial charge in [0.25, 0.3) is 0 Å². The van der Waals surface area contributed by atoms with Crippen molar-refractivity contribution in [1.29, 1.82) is 0 Å². The van der Waals surface area contributed by atoms with Crippen LogP contribution >= 0.6 is 0 Å². The number of imidazole rings is 1. The molecule has 1 N–H and O–H groups in total. The van der Waals surface area contributed by atoms with Gasteiger partial charge in [0.2, 0.25) is 0 Å². The molecule has 0 aliphatic heterocycles. The first-order valence-corrected chi connectivity index (χ1v) is 7.46. The van der Waals surface area contributed by atoms with Crippen molar-refractivity contribution in [2.24, 2.45) is 5.92 Å². The van der Waals surface area contributed by atoms with Gasteiger partial charge in [-0.2, -0.15) is 0 Å². The number of benzene rings is 1. The minimum atomic E-state index is -0.727. The molecule has 1 aromatic heterocycles. The van der Waals surface area contributed by atoms with Crippen molar-refractivity contribution in [1.82, 2.24) is 9.55 Å². The molecule has 0 radical (unpaired) electrons. The summed E-state index contributed by atoms with van der Waals surface area (Å²) in [5.74, 6) is -0.233. The fourth-order valence-corrected chi connectivity index (χ4v) is 3.25. The lowest BCUT2D eigenvalue weighted by molar-refractivity contribution is -0.142. The number of fused-ring (bicyclic) bond motifs is 1. The van der Waals surface area contributed by atoms with E-state index in [1.807, 2.05) is 13.0 Å². The fourth-order valence-electron chi connectivity index (χ4n) is 3.25. The van der Waals surface area contributed by atoms with Crippen LogP contribution in [0.4, 0.5) is 0 Å². The number of allylic oxidation sites excluding steroid dienone is 2. The largest absolute Gasteiger partial charge is 0.481 e. The molecule has 1 aromatic carbocycles. The molecule has 0 saturated heterocycles. The van der Waals surface area contributed by atoms with Gasteiger partial charge in [0.15, 0.2) is 0 Å². The molecule has 3 rings (SSSR count). The van der Waals surface area contributed by atoms with E-state index in [9.17, 15) is 9.90 Å². The maximum atomic E-state index is 11.5. The van der Waals surface area contributed by atoms with E-state index >= 15 is 0 Å². The summed E-state index contributed by atoms with van der Waals surface area (Å²) in [7, 11) is 0. The van der Waals surface area contributed by atoms with Gasteiger partial charge < -0.3 is 9.67 Å². The van der Waals surface area contributed by atoms with Crippen LogP contribution in [0.15, 0.2) is 30.4 Å². The van der Waals surface area contributed by atoms with Crippen molar-refractivity contribution in [3.05, 3.63) is 41.7 Å². The second kappa shape index (κ2) is 5.35. The van der Waals surface area contributed by atoms with Crippen LogP contribution in [0.3, 0.4) is 0 Å². The highest BCUT2D eigenvalue weighted by molar-refractivity contribution is 5.78. The van der Waals surface area contributed by atoms with Crippen LogP contribution in [0.1, 0.15) is 37.1 Å². The van der Waals surface area contributed by atoms with E-state index in [1.54, 1.807) is 0 Å². The Hall–Kier alpha value is -2.10. The van der Waals surface area contributed by atoms with E-state index < -0.39 is 5.97 Å². The van der Waals surface area contributed by atoms with Crippen LogP contribution in [0.25, 0.3) is 11.0 Å². The molecular weight excluding hydrogens is 264 g/mol. The molecule has 1 aliphatic rings. The highest BCUT2D eigenvalue weighted by Crippen LogP contribution is 2.36. The van der Waals surface area contributed by atoms with E-state index in [0.29, 0.717) is 6.42 Å². The molecule has 4 heteroatoms. The topological polar surface area (TPSA) is 55.1 Å². The summed E-state index contributed by atoms with van der Waals surface area (Å²) in [6.45, 7) is 4.94. The predicted molar refractivity (Wildman–Crippen MR) is 82.4 cm³/mol. The second-order valence-corrected chi connectivity index (χ2v) is 5.70. The number of hydrogen-bond donors (Lipinski definition) is 1. The van der Waals surface area contributed by atoms with Crippen LogP contribution in [0, 0.1) is 12.8 Å². The molecule has 0 saturated carbocycles. The SMILES string of the molecule is CCn1c(C2CC=CCC2C(=O)O)nc2cc(C)ccc21. The molecule has 0 amide bonds. The van der Waals surface area contributed by atoms with Gasteiger partial charge in [0.1, 0.15) is 5.82 Å². The zero-order valence-electron chi connectivity index (χ0n) is 12.4. The molecule has 1 heterocycles. The zero-order chi connectivity index (χ0) is 15.0. The molecule has 0 spiro atoms. The number of aromatic nitrogens is 2. The number of aliphatic carboxylic acids is 1. The number of carboxylic acids is 1. The Morgan fingerprint density at radius 3 is 2.86 bits per heavy atom. The lowest BCUT2D eigenvalue weighted by Gasteiger charge is -2.25. The zero-order valence-corrected chi connectivity index (χ0v) is 12.4. The Morgan fingerprint density at radius 2 is 2.14 bits per heavy atom. The average molecular weight is 284 g/mol. The van der Waals surface area contributed by atoms with Crippen LogP contribution in [0.2, 0.25) is 0 Å². The van der Waals surface area contributed by atoms with Gasteiger partial charge in [-0.15, -0.1) is 0 Å². The summed E-state index contributed by atoms with van der Waals surface area (Å²) in [6.07, 6.45) is 5.39. The molecule has 4 nitrogen and oxygen atoms in total. The van der Waals surface area contributed by atoms with Gasteiger partial charge in [-0.05, 0) is 44.4 Å². The molecular formula is C17H20N2O2. The number of hydrogen-bond acceptors (Lipinski definition) is 2. The Labute approximate surface area is 124 Å². The summed E-state index contributed by atoms with van der Waals surface area (Å²) >= 11 is 0. The third kappa shape index (κ3) is 2.35. The predicted octanol–water partition coefficient (Wildman–Crippen LogP) is 3.50. The standard InChI is InChI=1S/C17H20N2O2/c1-3-19-15-9-8-11(2)10-14(15)18-16(19)12-6-4-5-7-13(12)17(20)21/h4-5,8-10,12-13H,3,6-7H2,1-2H3,(H,20,21). The Morgan fingerprint density at radius 1 is 1.38 bits per heavy atom. The van der Waals surface area contributed by atoms with Crippen molar-refractivity contribution >= 4 is 17.0 Å². The quantitative estimate of drug-likeness (QED) is 0.878. The van der Waals surface area contributed by atoms with E-state index in [2.05, 4.69) is 35.8 Å². The fraction of sp³-hybridized carbons (Fsp3) is 0.412. The minimum absolute atomic E-state index is 0.0415. The molecule has 2 aromatic rings. The van der Waals surface area contributed by atoms with Crippen molar-refractivity contribution in [2.45, 2.75) is 39.2 Å². The number of rotatable bonds is 3. The first-order chi connectivity index (χ1) is 10.1. The average Bonchev–Trinajstić information content (AvgIpc) is 2.84. The van der Waals surface area contributed by atoms with Gasteiger partial charge in [-0.1, -0.05) is 18.2 Å². The summed E-state index contributed by atoms with van der Waals surface area (Å²) in [5.41, 5.74) is 3.23. The number of nitrogens with zero attached hydrogens (tertiary/aromatic N) is 2. The van der Waals surface area contributed by atoms with Crippen molar-refractivity contribution in [2.75, 3.05) is 0 Å². The number of carboxylic acid groups (broad SMARTS) is 1. The highest BCUT2D eigenvalue weighted by atomic mass is 16.4. The molecule has 21 heavy (non-hydrogen) atoms. The van der Waals surface area contributed by atoms with Gasteiger partial charge in [-0.3, -0.25) is 4.79 Å². The summed E-state index contributed by atoms with van der Waals surface area (Å²) in [5, 5.41) is 9.48. The van der Waals surface area contributed by atoms with Crippen LogP contribution in [-0.2, 0) is 11.3 Å². The lowest BCUT2D eigenvalue weighted by Crippen LogP contribution is -2.25. The molecule has 0 bridgehead atoms. The summed E-state index contributed by atoms with van der Waals surface area (Å²) in [4.78, 5) is 16.3. The molecule has 2 unspecified atom stereocenters. The Balaban J connectivity index is 2.14. The minimum Gasteiger partial charge on any atom is -0.481 e. The van der Waals surface area contributed by atoms with E-state index in [4.69, 9.17) is 4.98 Å². The number of carbonyl (C=O) groups is 1. The normalized spacial score (nSPS) is 21.8. The van der Waals surface area contributed by atoms with E-state index in [0.717, 1.165) is 29.8 Å². The molecule has 0 fully saturated rings. The maximum absolute atomic E-state index is 11.5. The molecule has 2 atom stereocenters. The van der Waals surface area contributed by atoms with Gasteiger partial charge >= 0.3 is 5.97 Å². The second-order valence-electron chi connectivity index (χ2n) is 5.70. The van der Waals surface area contributed by atoms with Crippen LogP contribution in [-0.4, -0.2) is 20.6 Å². The first-order valence-electron chi connectivity index (χ1n) is 7.46. The van der Waals surface area contributed by atoms with E-state index in [-0.39, 0.29) is 11.8 Å². The van der Waals surface area contributed by atoms with Gasteiger partial charge in [-0.25, -0.2) is 4.98 Å². The van der Waals surface area contributed by atoms with Crippen molar-refractivity contribution < 1.29 is 9.90 Å². The molecule has 1 aliphatic carbocycles. The van der Waals surface area contributed by atoms with Gasteiger partial charge in [0.05, 0.1) is 17.0 Å². The maximum Gasteiger partial charge on any atom is 0.307 e. The van der Waals surface area contributed by atoms with Crippen molar-refractivity contribution in [3.8, 4) is 0 Å². The summed E-state index contributed by atoms with van der Waals surface area (Å²) in [6, 6.07) is 6.23. The third-order valence-electron chi connectivity index (χ3n) is 4.33. The Kier molecular flexibility index (Phi) is 3.53. The third-order valence-corrected chi connectivity index (χ3v) is 4.33. The van der Waals surface area contributed by atoms with E-state index in [1.165, 1.54) is 5.56 Å². The highest BCUT2D eigenvalue weighted by Gasteiger charge is 2.33. The first kappa shape index (κ1) is 13.9. The monoisotopic (exact) mass is 284 g/mol. The lowest BCUT2D eigenvalue weighted by atomic mass is 9.82. The van der Waals surface area contributed by atoms with Crippen LogP contribution < -0.4 is 0 Å².